The summed E-state index contributed by atoms with van der Waals surface area (Å²) in [5, 5.41) is 33.3. The third-order valence-corrected chi connectivity index (χ3v) is 8.83. The van der Waals surface area contributed by atoms with Gasteiger partial charge >= 0.3 is 0 Å². The summed E-state index contributed by atoms with van der Waals surface area (Å²) in [6.45, 7) is 13.1. The van der Waals surface area contributed by atoms with E-state index in [1.165, 1.54) is 0 Å². The predicted molar refractivity (Wildman–Crippen MR) is 169 cm³/mol. The number of nitrogens with one attached hydrogen (secondary N) is 1. The molecule has 0 radical (unpaired) electrons. The van der Waals surface area contributed by atoms with E-state index >= 15 is 0 Å². The van der Waals surface area contributed by atoms with Gasteiger partial charge in [0.25, 0.3) is 0 Å². The fraction of sp³-hybridized carbons (Fsp3) is 0.519. The number of fused-ring (bicyclic) bond motifs is 3. The molecular formula is C27H40IN8O3P. The van der Waals surface area contributed by atoms with Crippen LogP contribution in [0, 0.1) is 13.8 Å². The highest BCUT2D eigenvalue weighted by atomic mass is 127. The van der Waals surface area contributed by atoms with E-state index in [0.29, 0.717) is 25.3 Å². The molecule has 0 saturated carbocycles. The first-order valence-corrected chi connectivity index (χ1v) is 17.6. The second-order valence-corrected chi connectivity index (χ2v) is 12.1. The summed E-state index contributed by atoms with van der Waals surface area (Å²) in [4.78, 5) is 7.13. The van der Waals surface area contributed by atoms with E-state index in [4.69, 9.17) is 14.8 Å². The van der Waals surface area contributed by atoms with Crippen molar-refractivity contribution < 1.29 is 14.9 Å². The average Bonchev–Trinajstić information content (AvgIpc) is 3.53. The number of hydrogen-bond acceptors (Lipinski definition) is 9. The van der Waals surface area contributed by atoms with Crippen LogP contribution in [0.4, 0.5) is 0 Å². The van der Waals surface area contributed by atoms with Crippen LogP contribution >= 0.6 is 28.4 Å². The van der Waals surface area contributed by atoms with Gasteiger partial charge in [-0.1, -0.05) is 19.9 Å². The number of ether oxygens (including phenoxy) is 1. The topological polar surface area (TPSA) is 117 Å². The van der Waals surface area contributed by atoms with E-state index in [-0.39, 0.29) is 18.8 Å². The lowest BCUT2D eigenvalue weighted by Gasteiger charge is -2.31. The minimum atomic E-state index is -0.898. The quantitative estimate of drug-likeness (QED) is 0.281. The maximum atomic E-state index is 11.0. The molecular weight excluding hydrogens is 642 g/mol. The number of aryl methyl sites for hydroxylation is 3. The molecule has 0 saturated heterocycles. The third-order valence-electron chi connectivity index (χ3n) is 6.98. The lowest BCUT2D eigenvalue weighted by molar-refractivity contribution is 0.0614. The SMILES string of the molecule is CC.Cc1nn(C)c2c1-c1cc3c(nn(PI)c3c(C)n1)/C=C/C1=C(CN(C)CC(C)O2)N(C(C)CO)NC1O. The Kier molecular flexibility index (Phi) is 9.90. The Hall–Kier alpha value is -2.09. The molecule has 4 atom stereocenters. The van der Waals surface area contributed by atoms with E-state index in [0.717, 1.165) is 50.5 Å². The molecule has 40 heavy (non-hydrogen) atoms. The molecule has 11 nitrogen and oxygen atoms in total. The van der Waals surface area contributed by atoms with Crippen LogP contribution in [0.25, 0.3) is 28.2 Å². The van der Waals surface area contributed by atoms with Crippen molar-refractivity contribution in [2.24, 2.45) is 7.05 Å². The van der Waals surface area contributed by atoms with Crippen LogP contribution in [-0.4, -0.2) is 89.6 Å². The molecule has 0 aliphatic carbocycles. The second kappa shape index (κ2) is 12.8. The molecule has 2 aliphatic rings. The number of rotatable bonds is 3. The minimum absolute atomic E-state index is 0.0489. The van der Waals surface area contributed by atoms with Crippen molar-refractivity contribution >= 4 is 45.4 Å². The number of halogens is 1. The van der Waals surface area contributed by atoms with E-state index in [9.17, 15) is 10.2 Å². The molecule has 5 rings (SSSR count). The molecule has 3 N–H and O–H groups in total. The summed E-state index contributed by atoms with van der Waals surface area (Å²) < 4.78 is 10.3. The first-order chi connectivity index (χ1) is 19.1. The highest BCUT2D eigenvalue weighted by Crippen LogP contribution is 2.38. The van der Waals surface area contributed by atoms with Crippen LogP contribution < -0.4 is 10.2 Å². The predicted octanol–water partition coefficient (Wildman–Crippen LogP) is 3.77. The Morgan fingerprint density at radius 1 is 1.20 bits per heavy atom. The van der Waals surface area contributed by atoms with Gasteiger partial charge in [0.05, 0.1) is 58.6 Å². The first-order valence-electron chi connectivity index (χ1n) is 13.5. The Morgan fingerprint density at radius 2 is 1.93 bits per heavy atom. The molecule has 0 spiro atoms. The van der Waals surface area contributed by atoms with Crippen LogP contribution in [0.1, 0.15) is 44.8 Å². The summed E-state index contributed by atoms with van der Waals surface area (Å²) in [7, 11) is 3.91. The van der Waals surface area contributed by atoms with Crippen LogP contribution in [-0.2, 0) is 7.05 Å². The number of aliphatic hydroxyl groups is 2. The van der Waals surface area contributed by atoms with Gasteiger partial charge < -0.3 is 20.0 Å². The van der Waals surface area contributed by atoms with E-state index in [1.807, 2.05) is 77.3 Å². The zero-order chi connectivity index (χ0) is 29.3. The third kappa shape index (κ3) is 5.79. The lowest BCUT2D eigenvalue weighted by Crippen LogP contribution is -2.46. The maximum Gasteiger partial charge on any atom is 0.221 e. The molecule has 3 aromatic heterocycles. The number of hydrogen-bond donors (Lipinski definition) is 3. The molecule has 4 unspecified atom stereocenters. The monoisotopic (exact) mass is 682 g/mol. The lowest BCUT2D eigenvalue weighted by atomic mass is 10.1. The number of pyridine rings is 1. The van der Waals surface area contributed by atoms with Gasteiger partial charge in [0.1, 0.15) is 12.3 Å². The normalized spacial score (nSPS) is 21.6. The molecule has 0 fully saturated rings. The maximum absolute atomic E-state index is 11.0. The summed E-state index contributed by atoms with van der Waals surface area (Å²) in [5.74, 6) is 0.679. The van der Waals surface area contributed by atoms with Crippen molar-refractivity contribution in [3.8, 4) is 17.1 Å². The first kappa shape index (κ1) is 30.9. The van der Waals surface area contributed by atoms with Crippen LogP contribution in [0.2, 0.25) is 0 Å². The molecule has 5 heterocycles. The van der Waals surface area contributed by atoms with Crippen molar-refractivity contribution in [3.63, 3.8) is 0 Å². The summed E-state index contributed by atoms with van der Waals surface area (Å²) in [6.07, 6.45) is 3.25. The Labute approximate surface area is 250 Å². The van der Waals surface area contributed by atoms with Crippen molar-refractivity contribution in [2.75, 3.05) is 26.7 Å². The Balaban J connectivity index is 0.00000181. The van der Waals surface area contributed by atoms with Crippen molar-refractivity contribution in [2.45, 2.75) is 59.9 Å². The Bertz CT molecular complexity index is 1430. The molecule has 2 aliphatic heterocycles. The summed E-state index contributed by atoms with van der Waals surface area (Å²) in [6, 6.07) is 1.85. The number of hydrazine groups is 1. The largest absolute Gasteiger partial charge is 0.473 e. The van der Waals surface area contributed by atoms with Gasteiger partial charge in [-0.25, -0.2) is 14.6 Å². The van der Waals surface area contributed by atoms with Crippen molar-refractivity contribution in [1.82, 2.24) is 39.7 Å². The number of nitrogens with zero attached hydrogens (tertiary/aromatic N) is 7. The number of likely N-dealkylation sites (N-methyl/N-ethyl adjacent to an activating group) is 1. The standard InChI is InChI=1S/C25H34IN8O3P.C2H6/c1-13(12-35)33-21-11-31(5)10-14(2)37-25-22(15(3)28-32(25)6)20-9-18-19(8-7-17(21)24(36)30-33)29-34(38-26)23(18)16(4)27-20;1-2/h7-9,13-14,24,30,35-36,38H,10-12H2,1-6H3;1-2H3/b8-7+;. The molecule has 3 aromatic rings. The van der Waals surface area contributed by atoms with Crippen LogP contribution in [0.5, 0.6) is 5.88 Å². The average molecular weight is 683 g/mol. The second-order valence-electron chi connectivity index (χ2n) is 10.1. The highest BCUT2D eigenvalue weighted by molar-refractivity contribution is 14.2. The fourth-order valence-corrected chi connectivity index (χ4v) is 6.84. The smallest absolute Gasteiger partial charge is 0.221 e. The fourth-order valence-electron chi connectivity index (χ4n) is 5.28. The molecule has 13 heteroatoms. The van der Waals surface area contributed by atoms with Crippen LogP contribution in [0.3, 0.4) is 0 Å². The number of aliphatic hydroxyl groups excluding tert-OH is 2. The van der Waals surface area contributed by atoms with E-state index in [1.54, 1.807) is 4.68 Å². The Morgan fingerprint density at radius 3 is 2.60 bits per heavy atom. The van der Waals surface area contributed by atoms with E-state index in [2.05, 4.69) is 43.5 Å². The molecule has 218 valence electrons. The minimum Gasteiger partial charge on any atom is -0.473 e. The molecule has 0 aromatic carbocycles. The van der Waals surface area contributed by atoms with Gasteiger partial charge in [-0.15, -0.1) is 0 Å². The van der Waals surface area contributed by atoms with Crippen molar-refractivity contribution in [1.29, 1.82) is 0 Å². The van der Waals surface area contributed by atoms with Crippen LogP contribution in [0.15, 0.2) is 23.4 Å². The van der Waals surface area contributed by atoms with Gasteiger partial charge in [-0.05, 0) is 68.9 Å². The van der Waals surface area contributed by atoms with E-state index < -0.39 is 6.23 Å². The zero-order valence-electron chi connectivity index (χ0n) is 24.4. The van der Waals surface area contributed by atoms with Gasteiger partial charge in [-0.2, -0.15) is 10.2 Å². The number of aromatic nitrogens is 5. The van der Waals surface area contributed by atoms with Crippen molar-refractivity contribution in [3.05, 3.63) is 40.5 Å². The molecule has 2 bridgehead atoms. The summed E-state index contributed by atoms with van der Waals surface area (Å²) >= 11 is 2.33. The van der Waals surface area contributed by atoms with Gasteiger partial charge in [0.2, 0.25) is 5.88 Å². The molecule has 0 amide bonds. The summed E-state index contributed by atoms with van der Waals surface area (Å²) in [5.41, 5.74) is 9.94. The van der Waals surface area contributed by atoms with Gasteiger partial charge in [0, 0.05) is 31.1 Å². The van der Waals surface area contributed by atoms with Gasteiger partial charge in [0.15, 0.2) is 0 Å². The zero-order valence-corrected chi connectivity index (χ0v) is 27.6. The van der Waals surface area contributed by atoms with Gasteiger partial charge in [-0.3, -0.25) is 9.88 Å². The highest BCUT2D eigenvalue weighted by Gasteiger charge is 2.32.